The molecule has 0 unspecified atom stereocenters. The molecule has 0 radical (unpaired) electrons. The van der Waals surface area contributed by atoms with Crippen molar-refractivity contribution in [3.8, 4) is 11.3 Å². The maximum Gasteiger partial charge on any atom is 0.374 e. The number of furan rings is 1. The highest BCUT2D eigenvalue weighted by Gasteiger charge is 2.18. The van der Waals surface area contributed by atoms with E-state index in [2.05, 4.69) is 0 Å². The molecule has 0 aliphatic carbocycles. The molecule has 0 saturated heterocycles. The predicted molar refractivity (Wildman–Crippen MR) is 85.1 cm³/mol. The molecule has 0 saturated carbocycles. The molecule has 3 rings (SSSR count). The summed E-state index contributed by atoms with van der Waals surface area (Å²) in [7, 11) is 0. The molecule has 2 aromatic carbocycles. The number of halogens is 3. The van der Waals surface area contributed by atoms with Gasteiger partial charge in [0.25, 0.3) is 0 Å². The number of ketones is 1. The van der Waals surface area contributed by atoms with Crippen LogP contribution in [-0.2, 0) is 4.74 Å². The van der Waals surface area contributed by atoms with E-state index in [1.807, 2.05) is 0 Å². The largest absolute Gasteiger partial charge is 0.451 e. The number of carbonyl (C=O) groups excluding carboxylic acids is 2. The van der Waals surface area contributed by atoms with Crippen LogP contribution in [0, 0.1) is 17.5 Å². The Hall–Kier alpha value is -3.35. The van der Waals surface area contributed by atoms with Gasteiger partial charge in [-0.15, -0.1) is 0 Å². The van der Waals surface area contributed by atoms with E-state index < -0.39 is 35.8 Å². The maximum absolute atomic E-state index is 13.7. The van der Waals surface area contributed by atoms with Crippen molar-refractivity contribution < 1.29 is 31.9 Å². The van der Waals surface area contributed by atoms with Crippen LogP contribution in [-0.4, -0.2) is 18.4 Å². The molecule has 7 heteroatoms. The van der Waals surface area contributed by atoms with Crippen LogP contribution in [0.3, 0.4) is 0 Å². The third-order valence-electron chi connectivity index (χ3n) is 3.52. The summed E-state index contributed by atoms with van der Waals surface area (Å²) in [5.41, 5.74) is 0.0348. The van der Waals surface area contributed by atoms with Gasteiger partial charge in [0.2, 0.25) is 5.76 Å². The molecule has 132 valence electrons. The third kappa shape index (κ3) is 3.66. The van der Waals surface area contributed by atoms with Crippen molar-refractivity contribution in [1.82, 2.24) is 0 Å². The second-order valence-electron chi connectivity index (χ2n) is 5.27. The number of ether oxygens (including phenoxy) is 1. The molecule has 26 heavy (non-hydrogen) atoms. The second kappa shape index (κ2) is 7.26. The van der Waals surface area contributed by atoms with Gasteiger partial charge in [-0.2, -0.15) is 0 Å². The molecule has 1 aromatic heterocycles. The summed E-state index contributed by atoms with van der Waals surface area (Å²) >= 11 is 0. The van der Waals surface area contributed by atoms with Crippen molar-refractivity contribution in [2.75, 3.05) is 6.61 Å². The summed E-state index contributed by atoms with van der Waals surface area (Å²) < 4.78 is 49.7. The van der Waals surface area contributed by atoms with E-state index in [9.17, 15) is 22.8 Å². The summed E-state index contributed by atoms with van der Waals surface area (Å²) in [5.74, 6) is -4.53. The first kappa shape index (κ1) is 17.5. The van der Waals surface area contributed by atoms with E-state index in [1.165, 1.54) is 30.3 Å². The number of esters is 1. The van der Waals surface area contributed by atoms with Gasteiger partial charge in [-0.1, -0.05) is 12.1 Å². The third-order valence-corrected chi connectivity index (χ3v) is 3.52. The maximum atomic E-state index is 13.7. The molecule has 0 fully saturated rings. The van der Waals surface area contributed by atoms with Crippen LogP contribution >= 0.6 is 0 Å². The zero-order valence-corrected chi connectivity index (χ0v) is 13.2. The Morgan fingerprint density at radius 2 is 1.65 bits per heavy atom. The quantitative estimate of drug-likeness (QED) is 0.500. The van der Waals surface area contributed by atoms with Crippen molar-refractivity contribution >= 4 is 11.8 Å². The Labute approximate surface area is 145 Å². The van der Waals surface area contributed by atoms with Crippen molar-refractivity contribution in [2.24, 2.45) is 0 Å². The Morgan fingerprint density at radius 1 is 0.885 bits per heavy atom. The van der Waals surface area contributed by atoms with Crippen molar-refractivity contribution in [3.63, 3.8) is 0 Å². The highest BCUT2D eigenvalue weighted by atomic mass is 19.2. The molecule has 0 bridgehead atoms. The van der Waals surface area contributed by atoms with Crippen LogP contribution in [0.2, 0.25) is 0 Å². The van der Waals surface area contributed by atoms with Crippen LogP contribution in [0.25, 0.3) is 11.3 Å². The molecule has 0 atom stereocenters. The molecular weight excluding hydrogens is 349 g/mol. The molecule has 0 aliphatic rings. The monoisotopic (exact) mass is 360 g/mol. The first-order chi connectivity index (χ1) is 12.5. The Kier molecular flexibility index (Phi) is 4.88. The molecule has 0 amide bonds. The van der Waals surface area contributed by atoms with E-state index in [1.54, 1.807) is 6.07 Å². The van der Waals surface area contributed by atoms with Crippen LogP contribution in [0.5, 0.6) is 0 Å². The average Bonchev–Trinajstić information content (AvgIpc) is 3.12. The fraction of sp³-hybridized carbons (Fsp3) is 0.0526. The zero-order chi connectivity index (χ0) is 18.7. The zero-order valence-electron chi connectivity index (χ0n) is 13.2. The summed E-state index contributed by atoms with van der Waals surface area (Å²) in [5, 5.41) is 0. The van der Waals surface area contributed by atoms with Gasteiger partial charge >= 0.3 is 5.97 Å². The Balaban J connectivity index is 1.66. The topological polar surface area (TPSA) is 56.5 Å². The van der Waals surface area contributed by atoms with E-state index in [-0.39, 0.29) is 22.6 Å². The van der Waals surface area contributed by atoms with E-state index in [4.69, 9.17) is 9.15 Å². The number of carbonyl (C=O) groups is 2. The standard InChI is InChI=1S/C19H11F3O4/c20-13-4-2-1-3-12(13)17-7-8-18(26-17)19(24)25-10-16(23)11-5-6-14(21)15(22)9-11/h1-9H,10H2. The van der Waals surface area contributed by atoms with Crippen molar-refractivity contribution in [3.05, 3.63) is 83.4 Å². The first-order valence-corrected chi connectivity index (χ1v) is 7.46. The molecule has 3 aromatic rings. The van der Waals surface area contributed by atoms with Gasteiger partial charge in [0.1, 0.15) is 11.6 Å². The molecule has 0 spiro atoms. The SMILES string of the molecule is O=C(COC(=O)c1ccc(-c2ccccc2F)o1)c1ccc(F)c(F)c1. The van der Waals surface area contributed by atoms with E-state index in [0.29, 0.717) is 6.07 Å². The smallest absolute Gasteiger partial charge is 0.374 e. The normalized spacial score (nSPS) is 10.6. The van der Waals surface area contributed by atoms with Crippen LogP contribution < -0.4 is 0 Å². The lowest BCUT2D eigenvalue weighted by Crippen LogP contribution is -2.14. The van der Waals surface area contributed by atoms with Crippen molar-refractivity contribution in [1.29, 1.82) is 0 Å². The van der Waals surface area contributed by atoms with Crippen molar-refractivity contribution in [2.45, 2.75) is 0 Å². The van der Waals surface area contributed by atoms with E-state index in [0.717, 1.165) is 12.1 Å². The van der Waals surface area contributed by atoms with Crippen LogP contribution in [0.1, 0.15) is 20.9 Å². The Bertz CT molecular complexity index is 978. The minimum absolute atomic E-state index is 0.127. The minimum Gasteiger partial charge on any atom is -0.451 e. The molecule has 1 heterocycles. The van der Waals surface area contributed by atoms with Gasteiger partial charge in [0.15, 0.2) is 24.0 Å². The Morgan fingerprint density at radius 3 is 2.38 bits per heavy atom. The van der Waals surface area contributed by atoms with Crippen LogP contribution in [0.15, 0.2) is 59.0 Å². The highest BCUT2D eigenvalue weighted by molar-refractivity contribution is 5.99. The number of hydrogen-bond donors (Lipinski definition) is 0. The molecule has 4 nitrogen and oxygen atoms in total. The van der Waals surface area contributed by atoms with E-state index >= 15 is 0 Å². The number of hydrogen-bond acceptors (Lipinski definition) is 4. The fourth-order valence-corrected chi connectivity index (χ4v) is 2.21. The fourth-order valence-electron chi connectivity index (χ4n) is 2.21. The molecule has 0 aliphatic heterocycles. The first-order valence-electron chi connectivity index (χ1n) is 7.46. The average molecular weight is 360 g/mol. The summed E-state index contributed by atoms with van der Waals surface area (Å²) in [6.07, 6.45) is 0. The minimum atomic E-state index is -1.18. The van der Waals surface area contributed by atoms with Gasteiger partial charge in [0.05, 0.1) is 5.56 Å². The summed E-state index contributed by atoms with van der Waals surface area (Å²) in [4.78, 5) is 23.8. The van der Waals surface area contributed by atoms with Gasteiger partial charge < -0.3 is 9.15 Å². The number of Topliss-reactive ketones (excluding diaryl/α,β-unsaturated/α-hetero) is 1. The van der Waals surface area contributed by atoms with Crippen LogP contribution in [0.4, 0.5) is 13.2 Å². The van der Waals surface area contributed by atoms with Gasteiger partial charge in [0, 0.05) is 5.56 Å². The lowest BCUT2D eigenvalue weighted by atomic mass is 10.1. The lowest BCUT2D eigenvalue weighted by Gasteiger charge is -2.03. The molecule has 0 N–H and O–H groups in total. The predicted octanol–water partition coefficient (Wildman–Crippen LogP) is 4.40. The van der Waals surface area contributed by atoms with Gasteiger partial charge in [-0.05, 0) is 42.5 Å². The molecular formula is C19H11F3O4. The summed E-state index contributed by atoms with van der Waals surface area (Å²) in [6, 6.07) is 11.1. The van der Waals surface area contributed by atoms with Gasteiger partial charge in [-0.3, -0.25) is 4.79 Å². The second-order valence-corrected chi connectivity index (χ2v) is 5.27. The van der Waals surface area contributed by atoms with Gasteiger partial charge in [-0.25, -0.2) is 18.0 Å². The number of benzene rings is 2. The number of rotatable bonds is 5. The lowest BCUT2D eigenvalue weighted by molar-refractivity contribution is 0.0444. The highest BCUT2D eigenvalue weighted by Crippen LogP contribution is 2.25. The summed E-state index contributed by atoms with van der Waals surface area (Å²) in [6.45, 7) is -0.681.